The number of carbonyl (C=O) groups excluding carboxylic acids is 1. The van der Waals surface area contributed by atoms with Crippen LogP contribution in [0.4, 0.5) is 0 Å². The number of carbonyl (C=O) groups is 1. The first-order chi connectivity index (χ1) is 10.6. The second kappa shape index (κ2) is 5.82. The van der Waals surface area contributed by atoms with Gasteiger partial charge in [-0.15, -0.1) is 0 Å². The molecule has 114 valence electrons. The van der Waals surface area contributed by atoms with Crippen LogP contribution in [0.2, 0.25) is 0 Å². The fourth-order valence-corrected chi connectivity index (χ4v) is 3.03. The van der Waals surface area contributed by atoms with Crippen LogP contribution in [0.15, 0.2) is 30.6 Å². The van der Waals surface area contributed by atoms with Gasteiger partial charge in [-0.2, -0.15) is 5.26 Å². The van der Waals surface area contributed by atoms with Crippen molar-refractivity contribution >= 4 is 11.5 Å². The number of rotatable bonds is 3. The highest BCUT2D eigenvalue weighted by Gasteiger charge is 2.38. The van der Waals surface area contributed by atoms with Crippen molar-refractivity contribution in [3.63, 3.8) is 0 Å². The molecule has 2 aromatic heterocycles. The van der Waals surface area contributed by atoms with Gasteiger partial charge in [0.1, 0.15) is 12.7 Å². The second-order valence-corrected chi connectivity index (χ2v) is 5.80. The topological polar surface area (TPSA) is 74.7 Å². The third-order valence-electron chi connectivity index (χ3n) is 4.29. The largest absolute Gasteiger partial charge is 0.459 e. The minimum absolute atomic E-state index is 0.00567. The van der Waals surface area contributed by atoms with E-state index in [0.717, 1.165) is 24.8 Å². The molecule has 22 heavy (non-hydrogen) atoms. The average Bonchev–Trinajstić information content (AvgIpc) is 2.90. The Bertz CT molecular complexity index is 736. The standard InChI is InChI=1S/C17H18N2O3/c18-10-14-13(11-19-9-5-2-6-15(14)19)12-22-16(20)17(21)7-3-1-4-8-17/h2,5-6,9,11,21H,1,3-4,7-8,12H2. The van der Waals surface area contributed by atoms with Gasteiger partial charge < -0.3 is 14.2 Å². The van der Waals surface area contributed by atoms with E-state index in [9.17, 15) is 15.2 Å². The zero-order valence-corrected chi connectivity index (χ0v) is 12.3. The number of fused-ring (bicyclic) bond motifs is 1. The summed E-state index contributed by atoms with van der Waals surface area (Å²) in [6.07, 6.45) is 7.25. The lowest BCUT2D eigenvalue weighted by Crippen LogP contribution is -2.41. The Labute approximate surface area is 128 Å². The Morgan fingerprint density at radius 1 is 1.36 bits per heavy atom. The van der Waals surface area contributed by atoms with Crippen LogP contribution in [-0.4, -0.2) is 21.1 Å². The van der Waals surface area contributed by atoms with Gasteiger partial charge in [-0.25, -0.2) is 4.79 Å². The van der Waals surface area contributed by atoms with E-state index in [4.69, 9.17) is 4.74 Å². The molecule has 5 nitrogen and oxygen atoms in total. The lowest BCUT2D eigenvalue weighted by atomic mass is 9.85. The number of aromatic nitrogens is 1. The van der Waals surface area contributed by atoms with Gasteiger partial charge in [0.25, 0.3) is 0 Å². The van der Waals surface area contributed by atoms with Gasteiger partial charge in [-0.1, -0.05) is 12.5 Å². The molecule has 1 aliphatic carbocycles. The summed E-state index contributed by atoms with van der Waals surface area (Å²) in [6, 6.07) is 7.73. The first-order valence-electron chi connectivity index (χ1n) is 7.52. The van der Waals surface area contributed by atoms with Gasteiger partial charge in [-0.3, -0.25) is 0 Å². The van der Waals surface area contributed by atoms with Crippen LogP contribution >= 0.6 is 0 Å². The fraction of sp³-hybridized carbons (Fsp3) is 0.412. The monoisotopic (exact) mass is 298 g/mol. The van der Waals surface area contributed by atoms with Crippen molar-refractivity contribution in [3.05, 3.63) is 41.7 Å². The smallest absolute Gasteiger partial charge is 0.338 e. The summed E-state index contributed by atoms with van der Waals surface area (Å²) in [7, 11) is 0. The molecule has 1 saturated carbocycles. The molecule has 1 aliphatic rings. The van der Waals surface area contributed by atoms with Gasteiger partial charge in [0.05, 0.1) is 11.1 Å². The minimum atomic E-state index is -1.36. The molecule has 0 aromatic carbocycles. The molecule has 1 N–H and O–H groups in total. The first-order valence-corrected chi connectivity index (χ1v) is 7.52. The van der Waals surface area contributed by atoms with Crippen LogP contribution < -0.4 is 0 Å². The summed E-state index contributed by atoms with van der Waals surface area (Å²) in [6.45, 7) is 0.00567. The fourth-order valence-electron chi connectivity index (χ4n) is 3.03. The van der Waals surface area contributed by atoms with Crippen molar-refractivity contribution in [2.75, 3.05) is 0 Å². The number of esters is 1. The number of pyridine rings is 1. The van der Waals surface area contributed by atoms with E-state index in [0.29, 0.717) is 24.0 Å². The van der Waals surface area contributed by atoms with Crippen molar-refractivity contribution < 1.29 is 14.6 Å². The summed E-state index contributed by atoms with van der Waals surface area (Å²) >= 11 is 0. The minimum Gasteiger partial charge on any atom is -0.459 e. The highest BCUT2D eigenvalue weighted by Crippen LogP contribution is 2.29. The molecule has 0 amide bonds. The number of aliphatic hydroxyl groups is 1. The number of nitrogens with zero attached hydrogens (tertiary/aromatic N) is 2. The molecule has 5 heteroatoms. The SMILES string of the molecule is N#Cc1c(COC(=O)C2(O)CCCCC2)cn2ccccc12. The zero-order valence-electron chi connectivity index (χ0n) is 12.3. The molecular weight excluding hydrogens is 280 g/mol. The van der Waals surface area contributed by atoms with Crippen molar-refractivity contribution in [3.8, 4) is 6.07 Å². The first kappa shape index (κ1) is 14.6. The van der Waals surface area contributed by atoms with Crippen molar-refractivity contribution in [2.45, 2.75) is 44.3 Å². The third-order valence-corrected chi connectivity index (χ3v) is 4.29. The molecule has 3 rings (SSSR count). The predicted molar refractivity (Wildman–Crippen MR) is 79.9 cm³/mol. The van der Waals surface area contributed by atoms with E-state index in [-0.39, 0.29) is 6.61 Å². The lowest BCUT2D eigenvalue weighted by Gasteiger charge is -2.29. The summed E-state index contributed by atoms with van der Waals surface area (Å²) in [5.41, 5.74) is 0.586. The lowest BCUT2D eigenvalue weighted by molar-refractivity contribution is -0.170. The Morgan fingerprint density at radius 3 is 2.86 bits per heavy atom. The Kier molecular flexibility index (Phi) is 3.86. The average molecular weight is 298 g/mol. The highest BCUT2D eigenvalue weighted by molar-refractivity contribution is 5.79. The van der Waals surface area contributed by atoms with Crippen LogP contribution in [0, 0.1) is 11.3 Å². The van der Waals surface area contributed by atoms with Gasteiger partial charge in [-0.05, 0) is 37.8 Å². The molecule has 2 aromatic rings. The maximum Gasteiger partial charge on any atom is 0.338 e. The summed E-state index contributed by atoms with van der Waals surface area (Å²) in [4.78, 5) is 12.1. The molecular formula is C17H18N2O3. The molecule has 0 bridgehead atoms. The normalized spacial score (nSPS) is 17.1. The summed E-state index contributed by atoms with van der Waals surface area (Å²) < 4.78 is 7.12. The molecule has 0 saturated heterocycles. The molecule has 0 unspecified atom stereocenters. The van der Waals surface area contributed by atoms with E-state index in [1.807, 2.05) is 28.8 Å². The molecule has 0 radical (unpaired) electrons. The number of hydrogen-bond donors (Lipinski definition) is 1. The Balaban J connectivity index is 1.76. The van der Waals surface area contributed by atoms with Crippen LogP contribution in [0.5, 0.6) is 0 Å². The van der Waals surface area contributed by atoms with Crippen LogP contribution in [-0.2, 0) is 16.1 Å². The van der Waals surface area contributed by atoms with E-state index in [2.05, 4.69) is 6.07 Å². The van der Waals surface area contributed by atoms with Crippen LogP contribution in [0.25, 0.3) is 5.52 Å². The number of ether oxygens (including phenoxy) is 1. The molecule has 0 atom stereocenters. The van der Waals surface area contributed by atoms with Gasteiger partial charge in [0.15, 0.2) is 5.60 Å². The summed E-state index contributed by atoms with van der Waals surface area (Å²) in [5, 5.41) is 19.7. The number of nitriles is 1. The van der Waals surface area contributed by atoms with Crippen LogP contribution in [0.1, 0.15) is 43.2 Å². The van der Waals surface area contributed by atoms with Crippen molar-refractivity contribution in [2.24, 2.45) is 0 Å². The molecule has 0 spiro atoms. The zero-order chi connectivity index (χ0) is 15.6. The van der Waals surface area contributed by atoms with Crippen molar-refractivity contribution in [1.82, 2.24) is 4.40 Å². The van der Waals surface area contributed by atoms with Crippen LogP contribution in [0.3, 0.4) is 0 Å². The highest BCUT2D eigenvalue weighted by atomic mass is 16.5. The second-order valence-electron chi connectivity index (χ2n) is 5.80. The maximum atomic E-state index is 12.1. The Hall–Kier alpha value is -2.32. The van der Waals surface area contributed by atoms with Gasteiger partial charge in [0.2, 0.25) is 0 Å². The predicted octanol–water partition coefficient (Wildman–Crippen LogP) is 2.55. The third kappa shape index (κ3) is 2.58. The van der Waals surface area contributed by atoms with E-state index in [1.165, 1.54) is 0 Å². The van der Waals surface area contributed by atoms with E-state index < -0.39 is 11.6 Å². The van der Waals surface area contributed by atoms with Crippen molar-refractivity contribution in [1.29, 1.82) is 5.26 Å². The van der Waals surface area contributed by atoms with Gasteiger partial charge >= 0.3 is 5.97 Å². The Morgan fingerprint density at radius 2 is 2.14 bits per heavy atom. The van der Waals surface area contributed by atoms with E-state index in [1.54, 1.807) is 6.20 Å². The molecule has 1 fully saturated rings. The molecule has 0 aliphatic heterocycles. The molecule has 2 heterocycles. The van der Waals surface area contributed by atoms with Gasteiger partial charge in [0, 0.05) is 18.0 Å². The summed E-state index contributed by atoms with van der Waals surface area (Å²) in [5.74, 6) is -0.577. The quantitative estimate of drug-likeness (QED) is 0.884. The maximum absolute atomic E-state index is 12.1. The van der Waals surface area contributed by atoms with E-state index >= 15 is 0 Å². The number of hydrogen-bond acceptors (Lipinski definition) is 4.